The average Bonchev–Trinajstić information content (AvgIpc) is 2.31. The van der Waals surface area contributed by atoms with E-state index in [0.717, 1.165) is 26.2 Å². The molecule has 0 spiro atoms. The summed E-state index contributed by atoms with van der Waals surface area (Å²) < 4.78 is 0. The highest BCUT2D eigenvalue weighted by atomic mass is 14.9. The first-order valence-corrected chi connectivity index (χ1v) is 6.70. The SMILES string of the molecule is CCCCCCCCNCCNCCC#N. The highest BCUT2D eigenvalue weighted by molar-refractivity contribution is 4.70. The van der Waals surface area contributed by atoms with E-state index in [2.05, 4.69) is 23.6 Å². The van der Waals surface area contributed by atoms with Crippen molar-refractivity contribution in [3.8, 4) is 6.07 Å². The normalized spacial score (nSPS) is 10.2. The fourth-order valence-electron chi connectivity index (χ4n) is 1.60. The van der Waals surface area contributed by atoms with E-state index in [1.54, 1.807) is 0 Å². The number of hydrogen-bond acceptors (Lipinski definition) is 3. The standard InChI is InChI=1S/C13H27N3/c1-2-3-4-5-6-7-10-15-12-13-16-11-8-9-14/h15-16H,2-8,10-13H2,1H3. The Labute approximate surface area is 101 Å². The highest BCUT2D eigenvalue weighted by Gasteiger charge is 1.90. The van der Waals surface area contributed by atoms with Crippen molar-refractivity contribution in [1.82, 2.24) is 10.6 Å². The second-order valence-electron chi connectivity index (χ2n) is 4.18. The summed E-state index contributed by atoms with van der Waals surface area (Å²) in [5.74, 6) is 0. The summed E-state index contributed by atoms with van der Waals surface area (Å²) in [6, 6.07) is 2.12. The highest BCUT2D eigenvalue weighted by Crippen LogP contribution is 2.03. The van der Waals surface area contributed by atoms with Gasteiger partial charge in [-0.15, -0.1) is 0 Å². The van der Waals surface area contributed by atoms with Gasteiger partial charge in [0, 0.05) is 26.1 Å². The van der Waals surface area contributed by atoms with Crippen molar-refractivity contribution in [2.75, 3.05) is 26.2 Å². The van der Waals surface area contributed by atoms with Crippen molar-refractivity contribution in [3.05, 3.63) is 0 Å². The topological polar surface area (TPSA) is 47.8 Å². The minimum atomic E-state index is 0.609. The van der Waals surface area contributed by atoms with Crippen LogP contribution in [0, 0.1) is 11.3 Å². The predicted octanol–water partition coefficient (Wildman–Crippen LogP) is 2.44. The van der Waals surface area contributed by atoms with Crippen LogP contribution in [-0.2, 0) is 0 Å². The second-order valence-corrected chi connectivity index (χ2v) is 4.18. The summed E-state index contributed by atoms with van der Waals surface area (Å²) in [7, 11) is 0. The van der Waals surface area contributed by atoms with Crippen molar-refractivity contribution in [1.29, 1.82) is 5.26 Å². The molecule has 3 heteroatoms. The van der Waals surface area contributed by atoms with Crippen LogP contribution in [0.15, 0.2) is 0 Å². The molecule has 0 heterocycles. The van der Waals surface area contributed by atoms with Crippen molar-refractivity contribution >= 4 is 0 Å². The van der Waals surface area contributed by atoms with E-state index in [4.69, 9.17) is 5.26 Å². The lowest BCUT2D eigenvalue weighted by Gasteiger charge is -2.05. The molecule has 0 rings (SSSR count). The van der Waals surface area contributed by atoms with Gasteiger partial charge in [-0.3, -0.25) is 0 Å². The molecule has 16 heavy (non-hydrogen) atoms. The molecule has 0 saturated heterocycles. The third-order valence-electron chi connectivity index (χ3n) is 2.60. The largest absolute Gasteiger partial charge is 0.315 e. The molecule has 0 fully saturated rings. The molecule has 94 valence electrons. The van der Waals surface area contributed by atoms with Gasteiger partial charge in [-0.2, -0.15) is 5.26 Å². The molecule has 0 saturated carbocycles. The van der Waals surface area contributed by atoms with E-state index >= 15 is 0 Å². The first-order valence-electron chi connectivity index (χ1n) is 6.70. The van der Waals surface area contributed by atoms with E-state index < -0.39 is 0 Å². The van der Waals surface area contributed by atoms with Crippen molar-refractivity contribution in [2.45, 2.75) is 51.9 Å². The Kier molecular flexibility index (Phi) is 13.9. The zero-order valence-electron chi connectivity index (χ0n) is 10.7. The molecule has 0 aliphatic carbocycles. The zero-order valence-corrected chi connectivity index (χ0v) is 10.7. The summed E-state index contributed by atoms with van der Waals surface area (Å²) in [5, 5.41) is 14.9. The van der Waals surface area contributed by atoms with Crippen LogP contribution in [0.1, 0.15) is 51.9 Å². The van der Waals surface area contributed by atoms with Crippen LogP contribution in [-0.4, -0.2) is 26.2 Å². The molecule has 0 aliphatic rings. The number of nitrogens with zero attached hydrogens (tertiary/aromatic N) is 1. The van der Waals surface area contributed by atoms with Gasteiger partial charge in [0.05, 0.1) is 6.07 Å². The van der Waals surface area contributed by atoms with Crippen molar-refractivity contribution in [2.24, 2.45) is 0 Å². The number of nitriles is 1. The third kappa shape index (κ3) is 13.4. The van der Waals surface area contributed by atoms with Gasteiger partial charge in [0.25, 0.3) is 0 Å². The van der Waals surface area contributed by atoms with E-state index in [1.165, 1.54) is 38.5 Å². The van der Waals surface area contributed by atoms with E-state index in [0.29, 0.717) is 6.42 Å². The van der Waals surface area contributed by atoms with Gasteiger partial charge in [-0.25, -0.2) is 0 Å². The summed E-state index contributed by atoms with van der Waals surface area (Å²) >= 11 is 0. The fraction of sp³-hybridized carbons (Fsp3) is 0.923. The fourth-order valence-corrected chi connectivity index (χ4v) is 1.60. The molecule has 0 radical (unpaired) electrons. The molecular weight excluding hydrogens is 198 g/mol. The molecule has 3 nitrogen and oxygen atoms in total. The molecule has 0 aromatic heterocycles. The van der Waals surface area contributed by atoms with Gasteiger partial charge in [0.1, 0.15) is 0 Å². The molecule has 0 atom stereocenters. The maximum atomic E-state index is 8.32. The van der Waals surface area contributed by atoms with Crippen LogP contribution in [0.2, 0.25) is 0 Å². The van der Waals surface area contributed by atoms with E-state index in [9.17, 15) is 0 Å². The summed E-state index contributed by atoms with van der Waals surface area (Å²) in [4.78, 5) is 0. The first kappa shape index (κ1) is 15.4. The summed E-state index contributed by atoms with van der Waals surface area (Å²) in [5.41, 5.74) is 0. The molecular formula is C13H27N3. The zero-order chi connectivity index (χ0) is 11.9. The van der Waals surface area contributed by atoms with Crippen LogP contribution in [0.3, 0.4) is 0 Å². The Balaban J connectivity index is 2.86. The number of rotatable bonds is 12. The lowest BCUT2D eigenvalue weighted by atomic mass is 10.1. The molecule has 0 aromatic rings. The van der Waals surface area contributed by atoms with Gasteiger partial charge < -0.3 is 10.6 Å². The van der Waals surface area contributed by atoms with Crippen LogP contribution in [0.4, 0.5) is 0 Å². The second kappa shape index (κ2) is 14.4. The van der Waals surface area contributed by atoms with Crippen LogP contribution in [0.5, 0.6) is 0 Å². The molecule has 0 amide bonds. The summed E-state index contributed by atoms with van der Waals surface area (Å²) in [6.07, 6.45) is 8.75. The Morgan fingerprint density at radius 3 is 2.12 bits per heavy atom. The van der Waals surface area contributed by atoms with Crippen molar-refractivity contribution in [3.63, 3.8) is 0 Å². The lowest BCUT2D eigenvalue weighted by molar-refractivity contribution is 0.559. The van der Waals surface area contributed by atoms with Gasteiger partial charge in [-0.1, -0.05) is 39.0 Å². The molecule has 0 aliphatic heterocycles. The minimum absolute atomic E-state index is 0.609. The smallest absolute Gasteiger partial charge is 0.0635 e. The van der Waals surface area contributed by atoms with E-state index in [-0.39, 0.29) is 0 Å². The minimum Gasteiger partial charge on any atom is -0.315 e. The van der Waals surface area contributed by atoms with E-state index in [1.807, 2.05) is 0 Å². The van der Waals surface area contributed by atoms with Crippen LogP contribution >= 0.6 is 0 Å². The average molecular weight is 225 g/mol. The maximum Gasteiger partial charge on any atom is 0.0635 e. The number of hydrogen-bond donors (Lipinski definition) is 2. The van der Waals surface area contributed by atoms with Gasteiger partial charge in [-0.05, 0) is 13.0 Å². The lowest BCUT2D eigenvalue weighted by Crippen LogP contribution is -2.28. The molecule has 0 bridgehead atoms. The van der Waals surface area contributed by atoms with Gasteiger partial charge in [0.15, 0.2) is 0 Å². The summed E-state index contributed by atoms with van der Waals surface area (Å²) in [6.45, 7) is 6.18. The number of nitrogens with one attached hydrogen (secondary N) is 2. The Bertz CT molecular complexity index is 163. The maximum absolute atomic E-state index is 8.32. The van der Waals surface area contributed by atoms with Crippen LogP contribution < -0.4 is 10.6 Å². The monoisotopic (exact) mass is 225 g/mol. The van der Waals surface area contributed by atoms with Gasteiger partial charge in [0.2, 0.25) is 0 Å². The third-order valence-corrected chi connectivity index (χ3v) is 2.60. The Morgan fingerprint density at radius 2 is 1.44 bits per heavy atom. The number of unbranched alkanes of at least 4 members (excludes halogenated alkanes) is 5. The van der Waals surface area contributed by atoms with Crippen molar-refractivity contribution < 1.29 is 0 Å². The molecule has 0 aromatic carbocycles. The predicted molar refractivity (Wildman–Crippen MR) is 69.3 cm³/mol. The van der Waals surface area contributed by atoms with Gasteiger partial charge >= 0.3 is 0 Å². The Hall–Kier alpha value is -0.590. The molecule has 0 unspecified atom stereocenters. The first-order chi connectivity index (χ1) is 7.91. The molecule has 2 N–H and O–H groups in total. The quantitative estimate of drug-likeness (QED) is 0.502. The Morgan fingerprint density at radius 1 is 0.812 bits per heavy atom. The van der Waals surface area contributed by atoms with Crippen LogP contribution in [0.25, 0.3) is 0 Å².